The minimum absolute atomic E-state index is 0.0102. The fraction of sp³-hybridized carbons (Fsp3) is 0.182. The van der Waals surface area contributed by atoms with E-state index >= 15 is 0 Å². The van der Waals surface area contributed by atoms with Crippen LogP contribution in [0, 0.1) is 17.7 Å². The highest BCUT2D eigenvalue weighted by atomic mass is 35.5. The maximum atomic E-state index is 13.2. The lowest BCUT2D eigenvalue weighted by molar-refractivity contribution is -0.109. The lowest BCUT2D eigenvalue weighted by Crippen LogP contribution is -1.86. The zero-order chi connectivity index (χ0) is 11.3. The van der Waals surface area contributed by atoms with Crippen LogP contribution in [-0.4, -0.2) is 10.9 Å². The van der Waals surface area contributed by atoms with Crippen molar-refractivity contribution >= 4 is 28.5 Å². The summed E-state index contributed by atoms with van der Waals surface area (Å²) in [5.41, 5.74) is 0.184. The first-order valence-corrected chi connectivity index (χ1v) is 5.54. The van der Waals surface area contributed by atoms with Crippen molar-refractivity contribution < 1.29 is 9.18 Å². The van der Waals surface area contributed by atoms with Crippen LogP contribution < -0.4 is 0 Å². The fourth-order valence-corrected chi connectivity index (χ4v) is 1.44. The van der Waals surface area contributed by atoms with Gasteiger partial charge in [0.25, 0.3) is 0 Å². The fourth-order valence-electron chi connectivity index (χ4n) is 0.879. The molecule has 0 N–H and O–H groups in total. The van der Waals surface area contributed by atoms with Gasteiger partial charge in [0.1, 0.15) is 5.82 Å². The lowest BCUT2D eigenvalue weighted by atomic mass is 10.2. The molecular weight excluding hydrogens is 235 g/mol. The van der Waals surface area contributed by atoms with Crippen LogP contribution in [0.3, 0.4) is 0 Å². The van der Waals surface area contributed by atoms with E-state index in [1.54, 1.807) is 6.07 Å². The SMILES string of the molecule is CC(=O)SCC#Cc1c(F)cccc1Cl. The molecule has 0 radical (unpaired) electrons. The predicted molar refractivity (Wildman–Crippen MR) is 61.4 cm³/mol. The molecule has 0 amide bonds. The van der Waals surface area contributed by atoms with E-state index in [0.29, 0.717) is 5.75 Å². The van der Waals surface area contributed by atoms with E-state index in [0.717, 1.165) is 11.8 Å². The quantitative estimate of drug-likeness (QED) is 0.704. The maximum absolute atomic E-state index is 13.2. The van der Waals surface area contributed by atoms with Gasteiger partial charge in [-0.1, -0.05) is 41.3 Å². The second-order valence-electron chi connectivity index (χ2n) is 2.68. The van der Waals surface area contributed by atoms with E-state index < -0.39 is 5.82 Å². The van der Waals surface area contributed by atoms with E-state index in [4.69, 9.17) is 11.6 Å². The molecule has 1 aromatic carbocycles. The van der Waals surface area contributed by atoms with Gasteiger partial charge >= 0.3 is 0 Å². The zero-order valence-corrected chi connectivity index (χ0v) is 9.58. The highest BCUT2D eigenvalue weighted by Gasteiger charge is 2.02. The van der Waals surface area contributed by atoms with Crippen molar-refractivity contribution in [2.24, 2.45) is 0 Å². The van der Waals surface area contributed by atoms with Gasteiger partial charge in [-0.2, -0.15) is 0 Å². The summed E-state index contributed by atoms with van der Waals surface area (Å²) in [5.74, 6) is 5.19. The lowest BCUT2D eigenvalue weighted by Gasteiger charge is -1.96. The van der Waals surface area contributed by atoms with Crippen LogP contribution in [0.25, 0.3) is 0 Å². The van der Waals surface area contributed by atoms with Crippen LogP contribution >= 0.6 is 23.4 Å². The van der Waals surface area contributed by atoms with Gasteiger partial charge in [-0.15, -0.1) is 0 Å². The Kier molecular flexibility index (Phi) is 4.67. The molecule has 0 aromatic heterocycles. The Hall–Kier alpha value is -0.980. The molecule has 0 unspecified atom stereocenters. The third-order valence-corrected chi connectivity index (χ3v) is 2.53. The summed E-state index contributed by atoms with van der Waals surface area (Å²) in [6.07, 6.45) is 0. The Labute approximate surface area is 97.0 Å². The van der Waals surface area contributed by atoms with Crippen molar-refractivity contribution in [3.63, 3.8) is 0 Å². The van der Waals surface area contributed by atoms with E-state index in [9.17, 15) is 9.18 Å². The van der Waals surface area contributed by atoms with Gasteiger partial charge in [-0.3, -0.25) is 4.79 Å². The highest BCUT2D eigenvalue weighted by molar-refractivity contribution is 8.13. The maximum Gasteiger partial charge on any atom is 0.186 e. The molecule has 4 heteroatoms. The second kappa shape index (κ2) is 5.79. The third-order valence-electron chi connectivity index (χ3n) is 1.52. The van der Waals surface area contributed by atoms with E-state index in [-0.39, 0.29) is 15.7 Å². The van der Waals surface area contributed by atoms with Gasteiger partial charge in [-0.25, -0.2) is 4.39 Å². The standard InChI is InChI=1S/C11H8ClFOS/c1-8(14)15-7-3-4-9-10(12)5-2-6-11(9)13/h2,5-6H,7H2,1H3. The first-order chi connectivity index (χ1) is 7.11. The van der Waals surface area contributed by atoms with E-state index in [2.05, 4.69) is 11.8 Å². The first-order valence-electron chi connectivity index (χ1n) is 4.17. The minimum atomic E-state index is -0.442. The molecule has 0 saturated heterocycles. The van der Waals surface area contributed by atoms with Gasteiger partial charge in [-0.05, 0) is 12.1 Å². The molecule has 1 rings (SSSR count). The number of carbonyl (C=O) groups excluding carboxylic acids is 1. The number of thioether (sulfide) groups is 1. The molecule has 0 saturated carbocycles. The molecule has 0 spiro atoms. The van der Waals surface area contributed by atoms with Gasteiger partial charge in [0.2, 0.25) is 0 Å². The van der Waals surface area contributed by atoms with E-state index in [1.807, 2.05) is 0 Å². The molecule has 0 aliphatic rings. The number of rotatable bonds is 1. The van der Waals surface area contributed by atoms with E-state index in [1.165, 1.54) is 19.1 Å². The Morgan fingerprint density at radius 1 is 1.60 bits per heavy atom. The highest BCUT2D eigenvalue weighted by Crippen LogP contribution is 2.17. The van der Waals surface area contributed by atoms with Crippen LogP contribution in [0.2, 0.25) is 5.02 Å². The summed E-state index contributed by atoms with van der Waals surface area (Å²) < 4.78 is 13.2. The molecule has 0 aliphatic heterocycles. The molecule has 0 atom stereocenters. The second-order valence-corrected chi connectivity index (χ2v) is 4.24. The predicted octanol–water partition coefficient (Wildman–Crippen LogP) is 3.11. The van der Waals surface area contributed by atoms with Crippen LogP contribution in [0.15, 0.2) is 18.2 Å². The Morgan fingerprint density at radius 2 is 2.33 bits per heavy atom. The van der Waals surface area contributed by atoms with Crippen molar-refractivity contribution in [2.75, 3.05) is 5.75 Å². The summed E-state index contributed by atoms with van der Waals surface area (Å²) in [7, 11) is 0. The third kappa shape index (κ3) is 3.94. The molecule has 0 bridgehead atoms. The molecule has 0 heterocycles. The van der Waals surface area contributed by atoms with Crippen LogP contribution in [-0.2, 0) is 4.79 Å². The smallest absolute Gasteiger partial charge is 0.186 e. The van der Waals surface area contributed by atoms with Crippen LogP contribution in [0.4, 0.5) is 4.39 Å². The average molecular weight is 243 g/mol. The van der Waals surface area contributed by atoms with Crippen molar-refractivity contribution in [1.29, 1.82) is 0 Å². The van der Waals surface area contributed by atoms with Gasteiger partial charge < -0.3 is 0 Å². The molecular formula is C11H8ClFOS. The summed E-state index contributed by atoms with van der Waals surface area (Å²) in [4.78, 5) is 10.6. The molecule has 0 fully saturated rings. The number of benzene rings is 1. The summed E-state index contributed by atoms with van der Waals surface area (Å²) >= 11 is 6.84. The van der Waals surface area contributed by atoms with Gasteiger partial charge in [0.15, 0.2) is 5.12 Å². The van der Waals surface area contributed by atoms with Crippen LogP contribution in [0.1, 0.15) is 12.5 Å². The Morgan fingerprint density at radius 3 is 2.93 bits per heavy atom. The average Bonchev–Trinajstić information content (AvgIpc) is 2.15. The molecule has 15 heavy (non-hydrogen) atoms. The number of hydrogen-bond donors (Lipinski definition) is 0. The molecule has 0 aliphatic carbocycles. The Bertz CT molecular complexity index is 414. The summed E-state index contributed by atoms with van der Waals surface area (Å²) in [6.45, 7) is 1.46. The number of carbonyl (C=O) groups is 1. The van der Waals surface area contributed by atoms with Crippen LogP contribution in [0.5, 0.6) is 0 Å². The monoisotopic (exact) mass is 242 g/mol. The van der Waals surface area contributed by atoms with Gasteiger partial charge in [0, 0.05) is 6.92 Å². The number of halogens is 2. The summed E-state index contributed by atoms with van der Waals surface area (Å²) in [5, 5.41) is 0.277. The number of hydrogen-bond acceptors (Lipinski definition) is 2. The minimum Gasteiger partial charge on any atom is -0.288 e. The molecule has 1 nitrogen and oxygen atoms in total. The van der Waals surface area contributed by atoms with Crippen molar-refractivity contribution in [1.82, 2.24) is 0 Å². The van der Waals surface area contributed by atoms with Crippen molar-refractivity contribution in [3.8, 4) is 11.8 Å². The normalized spacial score (nSPS) is 9.27. The molecule has 78 valence electrons. The first kappa shape index (κ1) is 12.1. The van der Waals surface area contributed by atoms with Crippen molar-refractivity contribution in [3.05, 3.63) is 34.6 Å². The Balaban J connectivity index is 2.75. The van der Waals surface area contributed by atoms with Gasteiger partial charge in [0.05, 0.1) is 16.3 Å². The van der Waals surface area contributed by atoms with Crippen molar-refractivity contribution in [2.45, 2.75) is 6.92 Å². The topological polar surface area (TPSA) is 17.1 Å². The zero-order valence-electron chi connectivity index (χ0n) is 8.01. The molecule has 1 aromatic rings. The largest absolute Gasteiger partial charge is 0.288 e. The summed E-state index contributed by atoms with van der Waals surface area (Å²) in [6, 6.07) is 4.40.